The summed E-state index contributed by atoms with van der Waals surface area (Å²) in [6, 6.07) is 0.407. The lowest BCUT2D eigenvalue weighted by Gasteiger charge is -2.08. The largest absolute Gasteiger partial charge is 0.290 e. The highest BCUT2D eigenvalue weighted by Gasteiger charge is 2.02. The molecule has 0 rings (SSSR count). The second-order valence-electron chi connectivity index (χ2n) is 3.03. The standard InChI is InChI=1S/C8H17NS/c1-6(2)8(5-10)9-7(3)4/h6-7,10H,5H2,1-4H3. The third-order valence-corrected chi connectivity index (χ3v) is 1.58. The predicted octanol–water partition coefficient (Wildman–Crippen LogP) is 2.42. The zero-order valence-electron chi connectivity index (χ0n) is 7.26. The summed E-state index contributed by atoms with van der Waals surface area (Å²) >= 11 is 4.20. The Bertz CT molecular complexity index is 116. The molecule has 0 radical (unpaired) electrons. The second-order valence-corrected chi connectivity index (χ2v) is 3.34. The van der Waals surface area contributed by atoms with Crippen LogP contribution in [0.5, 0.6) is 0 Å². The molecule has 1 nitrogen and oxygen atoms in total. The molecule has 60 valence electrons. The molecule has 0 heterocycles. The van der Waals surface area contributed by atoms with Crippen LogP contribution in [0.4, 0.5) is 0 Å². The summed E-state index contributed by atoms with van der Waals surface area (Å²) in [7, 11) is 0. The van der Waals surface area contributed by atoms with E-state index in [4.69, 9.17) is 0 Å². The molecule has 0 aliphatic carbocycles. The lowest BCUT2D eigenvalue weighted by molar-refractivity contribution is 0.795. The number of hydrogen-bond donors (Lipinski definition) is 1. The average Bonchev–Trinajstić information content (AvgIpc) is 1.81. The van der Waals surface area contributed by atoms with Crippen LogP contribution in [0.25, 0.3) is 0 Å². The normalized spacial score (nSPS) is 13.3. The van der Waals surface area contributed by atoms with E-state index in [9.17, 15) is 0 Å². The lowest BCUT2D eigenvalue weighted by Crippen LogP contribution is -2.11. The highest BCUT2D eigenvalue weighted by atomic mass is 32.1. The first-order valence-electron chi connectivity index (χ1n) is 3.75. The summed E-state index contributed by atoms with van der Waals surface area (Å²) < 4.78 is 0. The third kappa shape index (κ3) is 3.94. The van der Waals surface area contributed by atoms with E-state index < -0.39 is 0 Å². The Morgan fingerprint density at radius 3 is 1.90 bits per heavy atom. The van der Waals surface area contributed by atoms with Crippen molar-refractivity contribution in [3.05, 3.63) is 0 Å². The first-order valence-corrected chi connectivity index (χ1v) is 4.38. The van der Waals surface area contributed by atoms with Gasteiger partial charge in [0.1, 0.15) is 0 Å². The summed E-state index contributed by atoms with van der Waals surface area (Å²) in [5, 5.41) is 0. The number of aliphatic imine (C=N–C) groups is 1. The van der Waals surface area contributed by atoms with Gasteiger partial charge >= 0.3 is 0 Å². The van der Waals surface area contributed by atoms with Crippen LogP contribution < -0.4 is 0 Å². The Hall–Kier alpha value is 0.0200. The van der Waals surface area contributed by atoms with Crippen LogP contribution in [0, 0.1) is 5.92 Å². The zero-order valence-corrected chi connectivity index (χ0v) is 8.15. The van der Waals surface area contributed by atoms with Crippen molar-refractivity contribution in [3.8, 4) is 0 Å². The van der Waals surface area contributed by atoms with E-state index in [1.165, 1.54) is 5.71 Å². The Morgan fingerprint density at radius 2 is 1.80 bits per heavy atom. The molecule has 0 spiro atoms. The molecule has 0 saturated heterocycles. The van der Waals surface area contributed by atoms with Crippen LogP contribution in [0.1, 0.15) is 27.7 Å². The van der Waals surface area contributed by atoms with Crippen LogP contribution in [-0.2, 0) is 0 Å². The van der Waals surface area contributed by atoms with Crippen LogP contribution in [0.3, 0.4) is 0 Å². The van der Waals surface area contributed by atoms with Gasteiger partial charge in [0.05, 0.1) is 0 Å². The molecule has 0 N–H and O–H groups in total. The molecule has 0 aromatic rings. The molecule has 0 aromatic heterocycles. The summed E-state index contributed by atoms with van der Waals surface area (Å²) in [6.07, 6.45) is 0. The molecular weight excluding hydrogens is 142 g/mol. The van der Waals surface area contributed by atoms with Gasteiger partial charge in [0.15, 0.2) is 0 Å². The zero-order chi connectivity index (χ0) is 8.15. The molecular formula is C8H17NS. The van der Waals surface area contributed by atoms with Crippen LogP contribution in [0.15, 0.2) is 4.99 Å². The van der Waals surface area contributed by atoms with Crippen molar-refractivity contribution in [3.63, 3.8) is 0 Å². The van der Waals surface area contributed by atoms with E-state index in [0.29, 0.717) is 12.0 Å². The van der Waals surface area contributed by atoms with E-state index in [1.54, 1.807) is 0 Å². The molecule has 10 heavy (non-hydrogen) atoms. The fourth-order valence-electron chi connectivity index (χ4n) is 0.704. The fourth-order valence-corrected chi connectivity index (χ4v) is 1.15. The molecule has 0 bridgehead atoms. The minimum atomic E-state index is 0.407. The highest BCUT2D eigenvalue weighted by Crippen LogP contribution is 2.01. The monoisotopic (exact) mass is 159 g/mol. The Kier molecular flexibility index (Phi) is 4.79. The molecule has 0 unspecified atom stereocenters. The van der Waals surface area contributed by atoms with Gasteiger partial charge in [-0.1, -0.05) is 13.8 Å². The SMILES string of the molecule is CC(C)N=C(CS)C(C)C. The third-order valence-electron chi connectivity index (χ3n) is 1.25. The summed E-state index contributed by atoms with van der Waals surface area (Å²) in [5.74, 6) is 1.33. The Balaban J connectivity index is 4.04. The topological polar surface area (TPSA) is 12.4 Å². The average molecular weight is 159 g/mol. The second kappa shape index (κ2) is 4.78. The van der Waals surface area contributed by atoms with Crippen molar-refractivity contribution in [2.45, 2.75) is 33.7 Å². The van der Waals surface area contributed by atoms with E-state index in [1.807, 2.05) is 0 Å². The first-order chi connectivity index (χ1) is 4.57. The molecule has 0 amide bonds. The molecule has 0 saturated carbocycles. The molecule has 0 fully saturated rings. The molecule has 0 aromatic carbocycles. The maximum Gasteiger partial charge on any atom is 0.0443 e. The fraction of sp³-hybridized carbons (Fsp3) is 0.875. The van der Waals surface area contributed by atoms with Gasteiger partial charge in [-0.05, 0) is 19.8 Å². The van der Waals surface area contributed by atoms with Gasteiger partial charge in [-0.25, -0.2) is 0 Å². The van der Waals surface area contributed by atoms with Crippen LogP contribution in [-0.4, -0.2) is 17.5 Å². The van der Waals surface area contributed by atoms with E-state index in [2.05, 4.69) is 45.3 Å². The summed E-state index contributed by atoms with van der Waals surface area (Å²) in [6.45, 7) is 8.48. The van der Waals surface area contributed by atoms with Gasteiger partial charge in [0.2, 0.25) is 0 Å². The van der Waals surface area contributed by atoms with Crippen molar-refractivity contribution >= 4 is 18.3 Å². The number of thiol groups is 1. The lowest BCUT2D eigenvalue weighted by atomic mass is 10.1. The quantitative estimate of drug-likeness (QED) is 0.479. The summed E-state index contributed by atoms with van der Waals surface area (Å²) in [4.78, 5) is 4.44. The van der Waals surface area contributed by atoms with Gasteiger partial charge in [-0.3, -0.25) is 4.99 Å². The van der Waals surface area contributed by atoms with Gasteiger partial charge in [-0.15, -0.1) is 0 Å². The van der Waals surface area contributed by atoms with Crippen molar-refractivity contribution < 1.29 is 0 Å². The van der Waals surface area contributed by atoms with Gasteiger partial charge < -0.3 is 0 Å². The van der Waals surface area contributed by atoms with Gasteiger partial charge in [0.25, 0.3) is 0 Å². The van der Waals surface area contributed by atoms with Crippen molar-refractivity contribution in [2.75, 3.05) is 5.75 Å². The van der Waals surface area contributed by atoms with Crippen LogP contribution >= 0.6 is 12.6 Å². The molecule has 0 aliphatic heterocycles. The van der Waals surface area contributed by atoms with E-state index >= 15 is 0 Å². The van der Waals surface area contributed by atoms with Crippen molar-refractivity contribution in [1.29, 1.82) is 0 Å². The molecule has 0 atom stereocenters. The predicted molar refractivity (Wildman–Crippen MR) is 51.3 cm³/mol. The Labute approximate surface area is 69.3 Å². The number of rotatable bonds is 3. The van der Waals surface area contributed by atoms with Crippen LogP contribution in [0.2, 0.25) is 0 Å². The molecule has 2 heteroatoms. The maximum absolute atomic E-state index is 4.44. The van der Waals surface area contributed by atoms with Crippen molar-refractivity contribution in [1.82, 2.24) is 0 Å². The van der Waals surface area contributed by atoms with E-state index in [-0.39, 0.29) is 0 Å². The number of hydrogen-bond acceptors (Lipinski definition) is 2. The molecule has 0 aliphatic rings. The highest BCUT2D eigenvalue weighted by molar-refractivity contribution is 7.81. The Morgan fingerprint density at radius 1 is 1.30 bits per heavy atom. The van der Waals surface area contributed by atoms with E-state index in [0.717, 1.165) is 5.75 Å². The number of nitrogens with zero attached hydrogens (tertiary/aromatic N) is 1. The minimum Gasteiger partial charge on any atom is -0.290 e. The first kappa shape index (κ1) is 10.0. The minimum absolute atomic E-state index is 0.407. The maximum atomic E-state index is 4.44. The summed E-state index contributed by atoms with van der Waals surface area (Å²) in [5.41, 5.74) is 1.21. The smallest absolute Gasteiger partial charge is 0.0443 e. The van der Waals surface area contributed by atoms with Crippen molar-refractivity contribution in [2.24, 2.45) is 10.9 Å². The van der Waals surface area contributed by atoms with Gasteiger partial charge in [0, 0.05) is 17.5 Å². The van der Waals surface area contributed by atoms with Gasteiger partial charge in [-0.2, -0.15) is 12.6 Å².